The number of hydrogen-bond donors (Lipinski definition) is 4. The molecule has 1 aromatic heterocycles. The van der Waals surface area contributed by atoms with Gasteiger partial charge in [0.15, 0.2) is 0 Å². The number of hydrogen-bond acceptors (Lipinski definition) is 5. The summed E-state index contributed by atoms with van der Waals surface area (Å²) in [5.74, 6) is -1.15. The summed E-state index contributed by atoms with van der Waals surface area (Å²) in [6, 6.07) is 6.07. The molecule has 2 unspecified atom stereocenters. The molecular weight excluding hydrogens is 298 g/mol. The number of phenolic OH excluding ortho intramolecular Hbond substituents is 2. The first-order valence-corrected chi connectivity index (χ1v) is 7.45. The van der Waals surface area contributed by atoms with Gasteiger partial charge in [-0.2, -0.15) is 5.10 Å². The minimum atomic E-state index is -0.663. The lowest BCUT2D eigenvalue weighted by molar-refractivity contribution is 0.0758. The summed E-state index contributed by atoms with van der Waals surface area (Å²) in [6.07, 6.45) is -0.105. The number of carbonyl (C=O) groups is 1. The van der Waals surface area contributed by atoms with Crippen LogP contribution in [0.4, 0.5) is 0 Å². The Bertz CT molecular complexity index is 708. The number of β-amino-alcohol motifs (C(OH)–C–C–N with tert-alkyl or cyclic N) is 1. The summed E-state index contributed by atoms with van der Waals surface area (Å²) in [5.41, 5.74) is 1.65. The molecule has 3 rings (SSSR count). The highest BCUT2D eigenvalue weighted by Crippen LogP contribution is 2.30. The Hall–Kier alpha value is -2.54. The number of amides is 1. The fourth-order valence-electron chi connectivity index (χ4n) is 2.97. The third-order valence-corrected chi connectivity index (χ3v) is 4.16. The molecule has 1 fully saturated rings. The lowest BCUT2D eigenvalue weighted by Gasteiger charge is -2.17. The van der Waals surface area contributed by atoms with Crippen molar-refractivity contribution in [1.82, 2.24) is 15.1 Å². The summed E-state index contributed by atoms with van der Waals surface area (Å²) in [7, 11) is 0. The number of phenols is 2. The average Bonchev–Trinajstić information content (AvgIpc) is 3.06. The van der Waals surface area contributed by atoms with Gasteiger partial charge in [0.2, 0.25) is 0 Å². The van der Waals surface area contributed by atoms with Gasteiger partial charge in [0.25, 0.3) is 5.91 Å². The third-order valence-electron chi connectivity index (χ3n) is 4.16. The molecule has 7 nitrogen and oxygen atoms in total. The fourth-order valence-corrected chi connectivity index (χ4v) is 2.97. The molecule has 0 bridgehead atoms. The Morgan fingerprint density at radius 1 is 1.35 bits per heavy atom. The van der Waals surface area contributed by atoms with Gasteiger partial charge in [-0.25, -0.2) is 0 Å². The second-order valence-electron chi connectivity index (χ2n) is 5.96. The average molecular weight is 317 g/mol. The summed E-state index contributed by atoms with van der Waals surface area (Å²) < 4.78 is 0. The van der Waals surface area contributed by atoms with E-state index in [1.165, 1.54) is 23.1 Å². The van der Waals surface area contributed by atoms with E-state index in [0.717, 1.165) is 11.4 Å². The zero-order valence-corrected chi connectivity index (χ0v) is 12.7. The van der Waals surface area contributed by atoms with E-state index in [0.29, 0.717) is 13.0 Å². The molecule has 1 amide bonds. The lowest BCUT2D eigenvalue weighted by atomic mass is 10.00. The highest BCUT2D eigenvalue weighted by atomic mass is 16.3. The predicted molar refractivity (Wildman–Crippen MR) is 82.2 cm³/mol. The number of aromatic amines is 1. The molecule has 1 aliphatic heterocycles. The quantitative estimate of drug-likeness (QED) is 0.669. The number of H-pyrrole nitrogens is 1. The van der Waals surface area contributed by atoms with E-state index in [1.54, 1.807) is 0 Å². The van der Waals surface area contributed by atoms with Crippen LogP contribution in [0.3, 0.4) is 0 Å². The Kier molecular flexibility index (Phi) is 3.96. The van der Waals surface area contributed by atoms with Gasteiger partial charge in [0, 0.05) is 24.7 Å². The molecule has 0 aliphatic carbocycles. The van der Waals surface area contributed by atoms with E-state index in [4.69, 9.17) is 0 Å². The number of rotatable bonds is 3. The molecule has 2 aromatic rings. The van der Waals surface area contributed by atoms with Crippen LogP contribution in [0.25, 0.3) is 0 Å². The van der Waals surface area contributed by atoms with Crippen molar-refractivity contribution in [3.63, 3.8) is 0 Å². The second-order valence-corrected chi connectivity index (χ2v) is 5.96. The number of carbonyl (C=O) groups excluding carboxylic acids is 1. The van der Waals surface area contributed by atoms with Crippen molar-refractivity contribution in [2.24, 2.45) is 5.92 Å². The van der Waals surface area contributed by atoms with Crippen molar-refractivity contribution < 1.29 is 20.1 Å². The first-order valence-electron chi connectivity index (χ1n) is 7.45. The molecule has 1 saturated heterocycles. The van der Waals surface area contributed by atoms with E-state index < -0.39 is 12.0 Å². The summed E-state index contributed by atoms with van der Waals surface area (Å²) in [4.78, 5) is 14.0. The maximum Gasteiger partial charge on any atom is 0.261 e. The number of aliphatic hydroxyl groups is 1. The summed E-state index contributed by atoms with van der Waals surface area (Å²) in [5, 5.41) is 36.8. The van der Waals surface area contributed by atoms with E-state index in [9.17, 15) is 20.1 Å². The van der Waals surface area contributed by atoms with Gasteiger partial charge in [-0.3, -0.25) is 9.89 Å². The summed E-state index contributed by atoms with van der Waals surface area (Å²) in [6.45, 7) is 2.42. The molecule has 4 N–H and O–H groups in total. The van der Waals surface area contributed by atoms with Crippen LogP contribution in [-0.2, 0) is 6.42 Å². The van der Waals surface area contributed by atoms with Crippen molar-refractivity contribution in [2.75, 3.05) is 13.1 Å². The molecule has 0 radical (unpaired) electrons. The number of aromatic nitrogens is 2. The normalized spacial score (nSPS) is 20.9. The van der Waals surface area contributed by atoms with Crippen molar-refractivity contribution in [2.45, 2.75) is 19.4 Å². The number of nitrogens with one attached hydrogen (secondary N) is 1. The van der Waals surface area contributed by atoms with E-state index in [2.05, 4.69) is 10.2 Å². The first-order chi connectivity index (χ1) is 11.0. The van der Waals surface area contributed by atoms with Gasteiger partial charge in [-0.1, -0.05) is 6.07 Å². The molecule has 0 spiro atoms. The van der Waals surface area contributed by atoms with Crippen LogP contribution < -0.4 is 0 Å². The van der Waals surface area contributed by atoms with Crippen LogP contribution in [0.2, 0.25) is 0 Å². The standard InChI is InChI=1S/C16H19N3O4/c1-9-5-11(18-17-9)6-10-7-19(8-14(10)22)16(23)15-12(20)3-2-4-13(15)21/h2-5,10,14,20-22H,6-8H2,1H3,(H,17,18). The Labute approximate surface area is 133 Å². The van der Waals surface area contributed by atoms with Crippen LogP contribution in [0.15, 0.2) is 24.3 Å². The maximum atomic E-state index is 12.5. The Morgan fingerprint density at radius 2 is 2.04 bits per heavy atom. The van der Waals surface area contributed by atoms with Gasteiger partial charge in [0.1, 0.15) is 17.1 Å². The molecule has 2 atom stereocenters. The molecule has 2 heterocycles. The van der Waals surface area contributed by atoms with Gasteiger partial charge >= 0.3 is 0 Å². The van der Waals surface area contributed by atoms with Crippen LogP contribution >= 0.6 is 0 Å². The van der Waals surface area contributed by atoms with Gasteiger partial charge in [0.05, 0.1) is 11.8 Å². The number of aryl methyl sites for hydroxylation is 1. The topological polar surface area (TPSA) is 110 Å². The Morgan fingerprint density at radius 3 is 2.65 bits per heavy atom. The SMILES string of the molecule is Cc1cc(CC2CN(C(=O)c3c(O)cccc3O)CC2O)n[nH]1. The van der Waals surface area contributed by atoms with Crippen molar-refractivity contribution >= 4 is 5.91 Å². The maximum absolute atomic E-state index is 12.5. The molecule has 23 heavy (non-hydrogen) atoms. The number of aromatic hydroxyl groups is 2. The first kappa shape index (κ1) is 15.4. The summed E-state index contributed by atoms with van der Waals surface area (Å²) >= 11 is 0. The van der Waals surface area contributed by atoms with Crippen LogP contribution in [0, 0.1) is 12.8 Å². The van der Waals surface area contributed by atoms with E-state index in [1.807, 2.05) is 13.0 Å². The van der Waals surface area contributed by atoms with Crippen molar-refractivity contribution in [1.29, 1.82) is 0 Å². The van der Waals surface area contributed by atoms with Crippen LogP contribution in [0.5, 0.6) is 11.5 Å². The zero-order chi connectivity index (χ0) is 16.6. The number of benzene rings is 1. The zero-order valence-electron chi connectivity index (χ0n) is 12.7. The largest absolute Gasteiger partial charge is 0.507 e. The van der Waals surface area contributed by atoms with Crippen LogP contribution in [0.1, 0.15) is 21.7 Å². The highest BCUT2D eigenvalue weighted by Gasteiger charge is 2.36. The molecule has 1 aliphatic rings. The molecule has 0 saturated carbocycles. The number of aliphatic hydroxyl groups excluding tert-OH is 1. The highest BCUT2D eigenvalue weighted by molar-refractivity contribution is 5.99. The van der Waals surface area contributed by atoms with Gasteiger partial charge < -0.3 is 20.2 Å². The Balaban J connectivity index is 1.74. The monoisotopic (exact) mass is 317 g/mol. The lowest BCUT2D eigenvalue weighted by Crippen LogP contribution is -2.29. The predicted octanol–water partition coefficient (Wildman–Crippen LogP) is 0.805. The second kappa shape index (κ2) is 5.92. The van der Waals surface area contributed by atoms with E-state index >= 15 is 0 Å². The minimum absolute atomic E-state index is 0.129. The molecular formula is C16H19N3O4. The molecule has 1 aromatic carbocycles. The minimum Gasteiger partial charge on any atom is -0.507 e. The van der Waals surface area contributed by atoms with Crippen molar-refractivity contribution in [3.05, 3.63) is 41.2 Å². The van der Waals surface area contributed by atoms with Crippen molar-refractivity contribution in [3.8, 4) is 11.5 Å². The smallest absolute Gasteiger partial charge is 0.261 e. The third kappa shape index (κ3) is 3.00. The fraction of sp³-hybridized carbons (Fsp3) is 0.375. The molecule has 122 valence electrons. The number of likely N-dealkylation sites (tertiary alicyclic amines) is 1. The van der Waals surface area contributed by atoms with Gasteiger partial charge in [-0.15, -0.1) is 0 Å². The number of nitrogens with zero attached hydrogens (tertiary/aromatic N) is 2. The molecule has 7 heteroatoms. The van der Waals surface area contributed by atoms with Crippen LogP contribution in [-0.4, -0.2) is 55.5 Å². The van der Waals surface area contributed by atoms with Gasteiger partial charge in [-0.05, 0) is 31.5 Å². The van der Waals surface area contributed by atoms with E-state index in [-0.39, 0.29) is 29.5 Å².